The molecule has 50 heavy (non-hydrogen) atoms. The van der Waals surface area contributed by atoms with E-state index in [1.54, 1.807) is 24.3 Å². The maximum Gasteiger partial charge on any atom is 0.275 e. The summed E-state index contributed by atoms with van der Waals surface area (Å²) in [5, 5.41) is 23.6. The number of piperazine rings is 1. The van der Waals surface area contributed by atoms with Crippen LogP contribution in [0.5, 0.6) is 0 Å². The number of para-hydroxylation sites is 2. The number of carbonyl (C=O) groups excluding carboxylic acids is 1. The molecule has 256 valence electrons. The van der Waals surface area contributed by atoms with E-state index in [1.165, 1.54) is 6.20 Å². The molecule has 0 spiro atoms. The van der Waals surface area contributed by atoms with E-state index in [4.69, 9.17) is 9.47 Å². The molecule has 7 rings (SSSR count). The summed E-state index contributed by atoms with van der Waals surface area (Å²) in [6, 6.07) is 29.4. The zero-order chi connectivity index (χ0) is 34.6. The molecule has 1 amide bonds. The van der Waals surface area contributed by atoms with Crippen LogP contribution in [0, 0.1) is 16.0 Å². The van der Waals surface area contributed by atoms with Crippen LogP contribution in [0.15, 0.2) is 103 Å². The first-order chi connectivity index (χ1) is 24.3. The minimum atomic E-state index is -0.697. The second-order valence-electron chi connectivity index (χ2n) is 12.7. The fourth-order valence-corrected chi connectivity index (χ4v) is 6.58. The molecular formula is C38H38N6O6. The van der Waals surface area contributed by atoms with E-state index < -0.39 is 6.29 Å². The summed E-state index contributed by atoms with van der Waals surface area (Å²) in [5.41, 5.74) is 5.80. The Morgan fingerprint density at radius 2 is 1.66 bits per heavy atom. The first-order valence-electron chi connectivity index (χ1n) is 16.7. The SMILES string of the molecule is CC1C(CN2CCN(c3ccc([N+](=O)[O-])cc3)CC2)OC(c2cccc(NC(=O)c3cnc4ccccc4n3)c2)OC1c1ccc(CO)cc1. The third-order valence-electron chi connectivity index (χ3n) is 9.46. The van der Waals surface area contributed by atoms with Gasteiger partial charge in [-0.25, -0.2) is 4.98 Å². The highest BCUT2D eigenvalue weighted by Crippen LogP contribution is 2.42. The summed E-state index contributed by atoms with van der Waals surface area (Å²) in [5.74, 6) is -0.361. The van der Waals surface area contributed by atoms with Crippen LogP contribution < -0.4 is 10.2 Å². The van der Waals surface area contributed by atoms with Gasteiger partial charge < -0.3 is 24.8 Å². The first-order valence-corrected chi connectivity index (χ1v) is 16.7. The van der Waals surface area contributed by atoms with Crippen LogP contribution in [0.1, 0.15) is 46.5 Å². The van der Waals surface area contributed by atoms with Crippen LogP contribution in [0.25, 0.3) is 11.0 Å². The standard InChI is InChI=1S/C38H38N6O6/c1-25-35(23-42-17-19-43(20-18-42)30-13-15-31(16-14-30)44(47)48)49-38(50-36(25)27-11-9-26(24-45)10-12-27)28-5-4-6-29(21-28)40-37(46)34-22-39-32-7-2-3-8-33(32)41-34/h2-16,21-22,25,35-36,38,45H,17-20,23-24H2,1H3,(H,40,46). The second-order valence-corrected chi connectivity index (χ2v) is 12.7. The van der Waals surface area contributed by atoms with Crippen molar-refractivity contribution in [3.8, 4) is 0 Å². The summed E-state index contributed by atoms with van der Waals surface area (Å²) in [7, 11) is 0. The number of aromatic nitrogens is 2. The molecular weight excluding hydrogens is 636 g/mol. The molecule has 4 unspecified atom stereocenters. The number of fused-ring (bicyclic) bond motifs is 1. The molecule has 2 aliphatic heterocycles. The van der Waals surface area contributed by atoms with Crippen LogP contribution in [0.4, 0.5) is 17.1 Å². The van der Waals surface area contributed by atoms with Crippen molar-refractivity contribution in [2.24, 2.45) is 5.92 Å². The van der Waals surface area contributed by atoms with Crippen molar-refractivity contribution in [1.82, 2.24) is 14.9 Å². The Labute approximate surface area is 289 Å². The number of carbonyl (C=O) groups is 1. The average molecular weight is 675 g/mol. The predicted octanol–water partition coefficient (Wildman–Crippen LogP) is 5.90. The molecule has 4 aromatic carbocycles. The minimum Gasteiger partial charge on any atom is -0.392 e. The lowest BCUT2D eigenvalue weighted by Gasteiger charge is -2.44. The number of ether oxygens (including phenoxy) is 2. The number of hydrogen-bond donors (Lipinski definition) is 2. The first kappa shape index (κ1) is 33.2. The third kappa shape index (κ3) is 7.33. The number of anilines is 2. The Kier molecular flexibility index (Phi) is 9.76. The van der Waals surface area contributed by atoms with E-state index in [-0.39, 0.29) is 46.9 Å². The van der Waals surface area contributed by atoms with Crippen LogP contribution in [-0.4, -0.2) is 69.6 Å². The van der Waals surface area contributed by atoms with Crippen LogP contribution in [0.2, 0.25) is 0 Å². The van der Waals surface area contributed by atoms with Crippen molar-refractivity contribution in [2.75, 3.05) is 42.9 Å². The highest BCUT2D eigenvalue weighted by atomic mass is 16.7. The van der Waals surface area contributed by atoms with Gasteiger partial charge in [-0.2, -0.15) is 0 Å². The fraction of sp³-hybridized carbons (Fsp3) is 0.289. The largest absolute Gasteiger partial charge is 0.392 e. The van der Waals surface area contributed by atoms with Gasteiger partial charge in [-0.15, -0.1) is 0 Å². The number of non-ortho nitro benzene ring substituents is 1. The topological polar surface area (TPSA) is 143 Å². The van der Waals surface area contributed by atoms with Gasteiger partial charge in [-0.05, 0) is 47.5 Å². The molecule has 0 radical (unpaired) electrons. The van der Waals surface area contributed by atoms with Gasteiger partial charge in [0.15, 0.2) is 6.29 Å². The van der Waals surface area contributed by atoms with Gasteiger partial charge in [0.05, 0.1) is 41.0 Å². The van der Waals surface area contributed by atoms with E-state index in [1.807, 2.05) is 72.8 Å². The number of amides is 1. The molecule has 5 aromatic rings. The van der Waals surface area contributed by atoms with Crippen LogP contribution in [0.3, 0.4) is 0 Å². The summed E-state index contributed by atoms with van der Waals surface area (Å²) in [6.07, 6.45) is 0.323. The number of hydrogen-bond acceptors (Lipinski definition) is 10. The summed E-state index contributed by atoms with van der Waals surface area (Å²) in [4.78, 5) is 37.4. The molecule has 0 saturated carbocycles. The number of nitro benzene ring substituents is 1. The quantitative estimate of drug-likeness (QED) is 0.143. The van der Waals surface area contributed by atoms with Gasteiger partial charge in [0.25, 0.3) is 11.6 Å². The second kappa shape index (κ2) is 14.7. The molecule has 2 aliphatic rings. The smallest absolute Gasteiger partial charge is 0.275 e. The lowest BCUT2D eigenvalue weighted by molar-refractivity contribution is -0.384. The fourth-order valence-electron chi connectivity index (χ4n) is 6.58. The number of nitrogens with zero attached hydrogens (tertiary/aromatic N) is 5. The Bertz CT molecular complexity index is 1970. The summed E-state index contributed by atoms with van der Waals surface area (Å²) < 4.78 is 13.4. The van der Waals surface area contributed by atoms with Crippen LogP contribution in [-0.2, 0) is 16.1 Å². The molecule has 0 aliphatic carbocycles. The van der Waals surface area contributed by atoms with Crippen molar-refractivity contribution in [3.05, 3.63) is 136 Å². The van der Waals surface area contributed by atoms with Gasteiger partial charge in [0.2, 0.25) is 0 Å². The Morgan fingerprint density at radius 1 is 0.920 bits per heavy atom. The highest BCUT2D eigenvalue weighted by Gasteiger charge is 2.39. The number of aliphatic hydroxyl groups is 1. The van der Waals surface area contributed by atoms with Gasteiger partial charge >= 0.3 is 0 Å². The van der Waals surface area contributed by atoms with Gasteiger partial charge in [-0.1, -0.05) is 55.5 Å². The number of benzene rings is 4. The predicted molar refractivity (Wildman–Crippen MR) is 189 cm³/mol. The highest BCUT2D eigenvalue weighted by molar-refractivity contribution is 6.03. The maximum absolute atomic E-state index is 13.2. The molecule has 2 N–H and O–H groups in total. The minimum absolute atomic E-state index is 0.00768. The molecule has 12 nitrogen and oxygen atoms in total. The number of aliphatic hydroxyl groups excluding tert-OH is 1. The zero-order valence-corrected chi connectivity index (χ0v) is 27.6. The van der Waals surface area contributed by atoms with E-state index >= 15 is 0 Å². The molecule has 0 bridgehead atoms. The Morgan fingerprint density at radius 3 is 2.38 bits per heavy atom. The molecule has 4 atom stereocenters. The van der Waals surface area contributed by atoms with Gasteiger partial charge in [0, 0.05) is 67.7 Å². The normalized spacial score (nSPS) is 21.2. The summed E-state index contributed by atoms with van der Waals surface area (Å²) in [6.45, 7) is 5.98. The monoisotopic (exact) mass is 674 g/mol. The van der Waals surface area contributed by atoms with Crippen molar-refractivity contribution in [2.45, 2.75) is 32.0 Å². The Balaban J connectivity index is 1.07. The Hall–Kier alpha value is -5.27. The molecule has 3 heterocycles. The van der Waals surface area contributed by atoms with Crippen molar-refractivity contribution in [3.63, 3.8) is 0 Å². The number of nitrogens with one attached hydrogen (secondary N) is 1. The molecule has 2 saturated heterocycles. The average Bonchev–Trinajstić information content (AvgIpc) is 3.16. The lowest BCUT2D eigenvalue weighted by Crippen LogP contribution is -2.51. The van der Waals surface area contributed by atoms with Gasteiger partial charge in [-0.3, -0.25) is 24.8 Å². The third-order valence-corrected chi connectivity index (χ3v) is 9.46. The number of rotatable bonds is 9. The van der Waals surface area contributed by atoms with Crippen molar-refractivity contribution >= 4 is 34.0 Å². The van der Waals surface area contributed by atoms with Crippen LogP contribution >= 0.6 is 0 Å². The van der Waals surface area contributed by atoms with E-state index in [0.29, 0.717) is 23.3 Å². The van der Waals surface area contributed by atoms with Crippen molar-refractivity contribution in [1.29, 1.82) is 0 Å². The molecule has 12 heteroatoms. The van der Waals surface area contributed by atoms with E-state index in [0.717, 1.165) is 48.6 Å². The van der Waals surface area contributed by atoms with Gasteiger partial charge in [0.1, 0.15) is 5.69 Å². The zero-order valence-electron chi connectivity index (χ0n) is 27.6. The van der Waals surface area contributed by atoms with E-state index in [2.05, 4.69) is 32.0 Å². The molecule has 1 aromatic heterocycles. The summed E-state index contributed by atoms with van der Waals surface area (Å²) >= 11 is 0. The van der Waals surface area contributed by atoms with E-state index in [9.17, 15) is 20.0 Å². The van der Waals surface area contributed by atoms with Crippen molar-refractivity contribution < 1.29 is 24.3 Å². The molecule has 2 fully saturated rings. The maximum atomic E-state index is 13.2. The lowest BCUT2D eigenvalue weighted by atomic mass is 9.90. The number of nitro groups is 1.